The maximum absolute atomic E-state index is 12.2. The summed E-state index contributed by atoms with van der Waals surface area (Å²) in [6.07, 6.45) is 0. The second-order valence-corrected chi connectivity index (χ2v) is 8.67. The van der Waals surface area contributed by atoms with Gasteiger partial charge in [0, 0.05) is 0 Å². The molecule has 0 atom stereocenters. The number of halogens is 1. The van der Waals surface area contributed by atoms with Crippen molar-refractivity contribution in [1.82, 2.24) is 0 Å². The maximum Gasteiger partial charge on any atom is 0.818 e. The molecule has 0 amide bonds. The summed E-state index contributed by atoms with van der Waals surface area (Å²) < 4.78 is 16.9. The highest BCUT2D eigenvalue weighted by atomic mass is 35.6. The van der Waals surface area contributed by atoms with Crippen LogP contribution in [0.4, 0.5) is 0 Å². The van der Waals surface area contributed by atoms with Crippen molar-refractivity contribution in [2.24, 2.45) is 0 Å². The normalized spacial score (nSPS) is 10.7. The van der Waals surface area contributed by atoms with Crippen molar-refractivity contribution in [2.45, 2.75) is 0 Å². The van der Waals surface area contributed by atoms with E-state index in [1.165, 1.54) is 54.6 Å². The first-order valence-corrected chi connectivity index (χ1v) is 11.2. The summed E-state index contributed by atoms with van der Waals surface area (Å²) in [5.41, 5.74) is -1.41. The van der Waals surface area contributed by atoms with Crippen LogP contribution in [0.3, 0.4) is 0 Å². The SMILES string of the molecule is O=c1cccccc1O[Si](Cl)(Oc1cccccc1=O)Oc1cccccc1=O. The minimum absolute atomic E-state index is 0.142. The molecule has 3 aromatic carbocycles. The maximum atomic E-state index is 12.2. The molecule has 0 N–H and O–H groups in total. The third kappa shape index (κ3) is 5.53. The summed E-state index contributed by atoms with van der Waals surface area (Å²) in [4.78, 5) is 36.7. The van der Waals surface area contributed by atoms with Crippen LogP contribution in [0.5, 0.6) is 17.2 Å². The van der Waals surface area contributed by atoms with Crippen LogP contribution in [0.2, 0.25) is 0 Å². The zero-order valence-corrected chi connectivity index (χ0v) is 16.7. The highest BCUT2D eigenvalue weighted by Gasteiger charge is 2.50. The fourth-order valence-electron chi connectivity index (χ4n) is 2.25. The molecule has 3 rings (SSSR count). The molecule has 0 spiro atoms. The van der Waals surface area contributed by atoms with E-state index in [2.05, 4.69) is 0 Å². The predicted octanol–water partition coefficient (Wildman–Crippen LogP) is 2.98. The Morgan fingerprint density at radius 3 is 1.07 bits per heavy atom. The molecule has 0 radical (unpaired) electrons. The quantitative estimate of drug-likeness (QED) is 0.445. The van der Waals surface area contributed by atoms with Crippen molar-refractivity contribution in [3.8, 4) is 17.2 Å². The number of rotatable bonds is 6. The van der Waals surface area contributed by atoms with Gasteiger partial charge >= 0.3 is 8.11 Å². The molecule has 8 heteroatoms. The average molecular weight is 427 g/mol. The van der Waals surface area contributed by atoms with Crippen LogP contribution in [0.15, 0.2) is 105 Å². The summed E-state index contributed by atoms with van der Waals surface area (Å²) in [7, 11) is -4.30. The minimum atomic E-state index is -4.30. The fraction of sp³-hybridized carbons (Fsp3) is 0. The van der Waals surface area contributed by atoms with Gasteiger partial charge in [-0.3, -0.25) is 14.4 Å². The third-order valence-electron chi connectivity index (χ3n) is 3.58. The Balaban J connectivity index is 2.07. The van der Waals surface area contributed by atoms with Gasteiger partial charge in [-0.05, 0) is 47.5 Å². The lowest BCUT2D eigenvalue weighted by Gasteiger charge is -2.22. The van der Waals surface area contributed by atoms with Gasteiger partial charge in [-0.1, -0.05) is 54.6 Å². The molecule has 0 fully saturated rings. The summed E-state index contributed by atoms with van der Waals surface area (Å²) in [5, 5.41) is 0. The minimum Gasteiger partial charge on any atom is -0.468 e. The molecule has 0 heterocycles. The molecule has 0 aromatic heterocycles. The van der Waals surface area contributed by atoms with E-state index in [0.717, 1.165) is 0 Å². The largest absolute Gasteiger partial charge is 0.818 e. The molecule has 0 aliphatic rings. The average Bonchev–Trinajstić information content (AvgIpc) is 3.10. The molecule has 29 heavy (non-hydrogen) atoms. The van der Waals surface area contributed by atoms with Crippen molar-refractivity contribution in [3.63, 3.8) is 0 Å². The highest BCUT2D eigenvalue weighted by molar-refractivity contribution is 7.10. The Hall–Kier alpha value is -3.42. The monoisotopic (exact) mass is 426 g/mol. The molecule has 3 aromatic rings. The van der Waals surface area contributed by atoms with Gasteiger partial charge in [-0.15, -0.1) is 0 Å². The Morgan fingerprint density at radius 1 is 0.483 bits per heavy atom. The van der Waals surface area contributed by atoms with E-state index in [-0.39, 0.29) is 17.2 Å². The smallest absolute Gasteiger partial charge is 0.468 e. The van der Waals surface area contributed by atoms with Gasteiger partial charge in [0.25, 0.3) is 0 Å². The standard InChI is InChI=1S/C21H15ClO6Si/c22-29(26-19-13-7-1-4-10-16(19)23,27-20-14-8-2-5-11-17(20)24)28-21-15-9-3-6-12-18(21)25/h1-15H. The van der Waals surface area contributed by atoms with Gasteiger partial charge < -0.3 is 13.3 Å². The van der Waals surface area contributed by atoms with Crippen LogP contribution in [0.1, 0.15) is 0 Å². The van der Waals surface area contributed by atoms with Crippen molar-refractivity contribution < 1.29 is 13.3 Å². The van der Waals surface area contributed by atoms with E-state index in [0.29, 0.717) is 0 Å². The molecule has 0 saturated carbocycles. The topological polar surface area (TPSA) is 78.9 Å². The van der Waals surface area contributed by atoms with Crippen LogP contribution >= 0.6 is 11.1 Å². The van der Waals surface area contributed by atoms with Crippen LogP contribution < -0.4 is 29.6 Å². The van der Waals surface area contributed by atoms with Crippen LogP contribution in [-0.4, -0.2) is 8.11 Å². The fourth-order valence-corrected chi connectivity index (χ4v) is 4.42. The van der Waals surface area contributed by atoms with Crippen molar-refractivity contribution >= 4 is 19.2 Å². The molecule has 0 aliphatic heterocycles. The summed E-state index contributed by atoms with van der Waals surface area (Å²) >= 11 is 6.54. The molecular weight excluding hydrogens is 412 g/mol. The van der Waals surface area contributed by atoms with E-state index >= 15 is 0 Å². The van der Waals surface area contributed by atoms with Gasteiger partial charge in [-0.2, -0.15) is 0 Å². The Labute approximate surface area is 171 Å². The lowest BCUT2D eigenvalue weighted by atomic mass is 10.5. The zero-order chi connectivity index (χ0) is 20.7. The van der Waals surface area contributed by atoms with Gasteiger partial charge in [0.15, 0.2) is 17.2 Å². The number of hydrogen-bond acceptors (Lipinski definition) is 6. The predicted molar refractivity (Wildman–Crippen MR) is 112 cm³/mol. The Morgan fingerprint density at radius 2 is 0.759 bits per heavy atom. The summed E-state index contributed by atoms with van der Waals surface area (Å²) in [6.45, 7) is 0. The Bertz CT molecular complexity index is 1040. The van der Waals surface area contributed by atoms with Crippen molar-refractivity contribution in [1.29, 1.82) is 0 Å². The summed E-state index contributed by atoms with van der Waals surface area (Å²) in [6, 6.07) is 22.3. The lowest BCUT2D eigenvalue weighted by Crippen LogP contribution is -2.51. The first-order valence-electron chi connectivity index (χ1n) is 8.51. The molecule has 0 unspecified atom stereocenters. The van der Waals surface area contributed by atoms with E-state index < -0.39 is 24.4 Å². The van der Waals surface area contributed by atoms with E-state index in [4.69, 9.17) is 24.4 Å². The number of hydrogen-bond donors (Lipinski definition) is 0. The van der Waals surface area contributed by atoms with Gasteiger partial charge in [-0.25, -0.2) is 0 Å². The van der Waals surface area contributed by atoms with Crippen molar-refractivity contribution in [3.05, 3.63) is 122 Å². The molecular formula is C21H15ClO6Si. The van der Waals surface area contributed by atoms with Crippen LogP contribution in [-0.2, 0) is 0 Å². The first-order chi connectivity index (χ1) is 14.0. The molecule has 0 saturated heterocycles. The van der Waals surface area contributed by atoms with Crippen LogP contribution in [0, 0.1) is 0 Å². The molecule has 0 aliphatic carbocycles. The molecule has 0 bridgehead atoms. The van der Waals surface area contributed by atoms with Gasteiger partial charge in [0.05, 0.1) is 0 Å². The Kier molecular flexibility index (Phi) is 6.43. The van der Waals surface area contributed by atoms with Gasteiger partial charge in [0.1, 0.15) is 0 Å². The zero-order valence-electron chi connectivity index (χ0n) is 15.0. The van der Waals surface area contributed by atoms with E-state index in [1.54, 1.807) is 36.4 Å². The second-order valence-electron chi connectivity index (χ2n) is 5.71. The van der Waals surface area contributed by atoms with Gasteiger partial charge in [0.2, 0.25) is 16.3 Å². The van der Waals surface area contributed by atoms with Crippen molar-refractivity contribution in [2.75, 3.05) is 0 Å². The van der Waals surface area contributed by atoms with E-state index in [9.17, 15) is 14.4 Å². The first kappa shape index (κ1) is 20.3. The van der Waals surface area contributed by atoms with E-state index in [1.807, 2.05) is 0 Å². The molecule has 6 nitrogen and oxygen atoms in total. The molecule has 146 valence electrons. The highest BCUT2D eigenvalue weighted by Crippen LogP contribution is 2.21. The lowest BCUT2D eigenvalue weighted by molar-refractivity contribution is 0.289. The third-order valence-corrected chi connectivity index (χ3v) is 5.66. The second kappa shape index (κ2) is 9.18. The summed E-state index contributed by atoms with van der Waals surface area (Å²) in [5.74, 6) is -0.425. The van der Waals surface area contributed by atoms with Crippen LogP contribution in [0.25, 0.3) is 0 Å².